The number of aromatic hydroxyl groups is 1. The number of phenolic OH excluding ortho intramolecular Hbond substituents is 1. The average molecular weight is 1230 g/mol. The van der Waals surface area contributed by atoms with Gasteiger partial charge in [-0.15, -0.1) is 0 Å². The summed E-state index contributed by atoms with van der Waals surface area (Å²) in [6, 6.07) is 15.3. The zero-order valence-corrected chi connectivity index (χ0v) is 50.6. The third-order valence-electron chi connectivity index (χ3n) is 16.1. The molecule has 13 N–H and O–H groups in total. The molecule has 0 saturated carbocycles. The first-order chi connectivity index (χ1) is 41.6. The number of phenols is 1. The van der Waals surface area contributed by atoms with Crippen molar-refractivity contribution in [3.05, 3.63) is 108 Å². The second-order valence-electron chi connectivity index (χ2n) is 24.1. The Kier molecular flexibility index (Phi) is 23.2. The fourth-order valence-corrected chi connectivity index (χ4v) is 10.8. The third kappa shape index (κ3) is 17.2. The molecular formula is C63H85N8O17+. The van der Waals surface area contributed by atoms with Crippen LogP contribution in [0.25, 0.3) is 22.3 Å². The number of likely N-dealkylation sites (N-methyl/N-ethyl adjacent to an activating group) is 1. The maximum Gasteiger partial charge on any atom is 0.251 e. The van der Waals surface area contributed by atoms with Gasteiger partial charge < -0.3 is 91.2 Å². The molecule has 478 valence electrons. The van der Waals surface area contributed by atoms with Gasteiger partial charge >= 0.3 is 0 Å². The number of amides is 7. The Morgan fingerprint density at radius 3 is 1.74 bits per heavy atom. The molecule has 3 aliphatic rings. The van der Waals surface area contributed by atoms with Crippen molar-refractivity contribution in [2.24, 2.45) is 5.92 Å². The van der Waals surface area contributed by atoms with Gasteiger partial charge in [0.15, 0.2) is 6.23 Å². The first kappa shape index (κ1) is 67.9. The van der Waals surface area contributed by atoms with Crippen molar-refractivity contribution < 1.29 is 88.4 Å². The van der Waals surface area contributed by atoms with Crippen molar-refractivity contribution in [2.75, 3.05) is 54.0 Å². The second kappa shape index (κ2) is 30.1. The van der Waals surface area contributed by atoms with Gasteiger partial charge in [0.05, 0.1) is 58.8 Å². The standard InChI is InChI=1S/C63H84N8O17/c1-8-9-10-28-87-45-25-21-40(22-26-45)38-13-11-37(12-14-38)39-15-17-42(18-16-39)56(80)64-46-31-48(76)61(88-29-27-71(5,6)7)68-60(84)52-53(77)34(2)32-70(52)63(86)50(36(4)73)66-59(83)51(55(79)54(78)41-19-23-43(74)24-20-41)67-58(82)47-30-44(75)33-69(47)62(85)49(35(3)72)65-57(46)81/h11-26,34-36,44,46-55,61,72-73,75-79H,8-10,27-33H2,1-7H3,(H5-,64,65,66,67,68,74,80,81,82,83,84)/p+1/t34-,35+,36+,44+,46-,47-,48+,49-,50-,51-,52-,53-,54-,55-,61-/m0/s1. The van der Waals surface area contributed by atoms with Gasteiger partial charge in [0.2, 0.25) is 35.4 Å². The van der Waals surface area contributed by atoms with Crippen molar-refractivity contribution in [3.63, 3.8) is 0 Å². The highest BCUT2D eigenvalue weighted by Gasteiger charge is 2.50. The number of carbonyl (C=O) groups excluding carboxylic acids is 7. The van der Waals surface area contributed by atoms with Crippen LogP contribution in [0.3, 0.4) is 0 Å². The van der Waals surface area contributed by atoms with E-state index in [1.54, 1.807) is 12.1 Å². The molecule has 4 aromatic carbocycles. The predicted molar refractivity (Wildman–Crippen MR) is 320 cm³/mol. The van der Waals surface area contributed by atoms with Gasteiger partial charge in [-0.05, 0) is 84.5 Å². The molecule has 15 atom stereocenters. The molecule has 3 saturated heterocycles. The molecule has 7 rings (SSSR count). The SMILES string of the molecule is CCCCCOc1ccc(-c2ccc(-c3ccc(C(=O)N[C@H]4C[C@@H](O)[C@H](OCC[N+](C)(C)C)NC(=O)[C@@H]5[C@@H](O)[C@@H](C)CN5C(=O)[C@H]([C@@H](C)O)NC(=O)[C@H]([C@H](O)[C@@H](O)c5ccc(O)cc5)NC(=O)[C@@H]5C[C@@H](O)CN5C(=O)[C@H]([C@@H](C)O)NC4=O)cc3)cc2)cc1. The van der Waals surface area contributed by atoms with Gasteiger partial charge in [0.25, 0.3) is 5.91 Å². The minimum atomic E-state index is -2.29. The molecule has 3 aliphatic heterocycles. The number of nitrogens with one attached hydrogen (secondary N) is 5. The zero-order valence-electron chi connectivity index (χ0n) is 50.6. The zero-order chi connectivity index (χ0) is 64.3. The van der Waals surface area contributed by atoms with Crippen molar-refractivity contribution >= 4 is 41.4 Å². The highest BCUT2D eigenvalue weighted by Crippen LogP contribution is 2.30. The smallest absolute Gasteiger partial charge is 0.251 e. The van der Waals surface area contributed by atoms with Crippen LogP contribution in [0.15, 0.2) is 97.1 Å². The summed E-state index contributed by atoms with van der Waals surface area (Å²) in [6.07, 6.45) is -12.6. The van der Waals surface area contributed by atoms with Crippen LogP contribution in [-0.2, 0) is 33.5 Å². The van der Waals surface area contributed by atoms with Crippen molar-refractivity contribution in [1.82, 2.24) is 36.4 Å². The molecule has 3 fully saturated rings. The maximum absolute atomic E-state index is 14.8. The van der Waals surface area contributed by atoms with E-state index in [0.29, 0.717) is 11.1 Å². The van der Waals surface area contributed by atoms with Crippen LogP contribution < -0.4 is 31.3 Å². The molecule has 3 heterocycles. The van der Waals surface area contributed by atoms with Crippen LogP contribution in [0.4, 0.5) is 0 Å². The van der Waals surface area contributed by atoms with Gasteiger partial charge in [-0.25, -0.2) is 0 Å². The summed E-state index contributed by atoms with van der Waals surface area (Å²) < 4.78 is 12.3. The molecule has 0 bridgehead atoms. The monoisotopic (exact) mass is 1230 g/mol. The molecule has 0 radical (unpaired) electrons. The summed E-state index contributed by atoms with van der Waals surface area (Å²) >= 11 is 0. The van der Waals surface area contributed by atoms with Gasteiger partial charge in [-0.3, -0.25) is 33.6 Å². The highest BCUT2D eigenvalue weighted by atomic mass is 16.5. The Morgan fingerprint density at radius 2 is 1.18 bits per heavy atom. The fourth-order valence-electron chi connectivity index (χ4n) is 10.8. The van der Waals surface area contributed by atoms with E-state index in [2.05, 4.69) is 33.5 Å². The predicted octanol–water partition coefficient (Wildman–Crippen LogP) is -0.197. The van der Waals surface area contributed by atoms with E-state index >= 15 is 0 Å². The van der Waals surface area contributed by atoms with Gasteiger partial charge in [-0.1, -0.05) is 87.4 Å². The summed E-state index contributed by atoms with van der Waals surface area (Å²) in [5.74, 6) is -8.24. The number of rotatable bonds is 18. The van der Waals surface area contributed by atoms with Gasteiger partial charge in [-0.2, -0.15) is 0 Å². The molecule has 0 spiro atoms. The lowest BCUT2D eigenvalue weighted by Crippen LogP contribution is -2.64. The minimum absolute atomic E-state index is 0.0470. The Hall–Kier alpha value is -7.59. The molecule has 7 amide bonds. The molecule has 25 heteroatoms. The van der Waals surface area contributed by atoms with E-state index in [1.807, 2.05) is 69.7 Å². The van der Waals surface area contributed by atoms with Crippen LogP contribution >= 0.6 is 0 Å². The Morgan fingerprint density at radius 1 is 0.648 bits per heavy atom. The second-order valence-corrected chi connectivity index (χ2v) is 24.1. The van der Waals surface area contributed by atoms with Crippen molar-refractivity contribution in [2.45, 2.75) is 145 Å². The third-order valence-corrected chi connectivity index (χ3v) is 16.1. The first-order valence-corrected chi connectivity index (χ1v) is 29.7. The van der Waals surface area contributed by atoms with E-state index in [1.165, 1.54) is 43.3 Å². The van der Waals surface area contributed by atoms with Crippen LogP contribution in [-0.4, -0.2) is 230 Å². The molecular weight excluding hydrogens is 1140 g/mol. The largest absolute Gasteiger partial charge is 0.508 e. The summed E-state index contributed by atoms with van der Waals surface area (Å²) in [7, 11) is 5.52. The number of unbranched alkanes of at least 4 members (excludes halogenated alkanes) is 2. The van der Waals surface area contributed by atoms with Crippen LogP contribution in [0.1, 0.15) is 81.8 Å². The highest BCUT2D eigenvalue weighted by molar-refractivity contribution is 6.00. The summed E-state index contributed by atoms with van der Waals surface area (Å²) in [5, 5.41) is 103. The Bertz CT molecular complexity index is 3040. The molecule has 25 nitrogen and oxygen atoms in total. The van der Waals surface area contributed by atoms with E-state index in [-0.39, 0.29) is 36.6 Å². The lowest BCUT2D eigenvalue weighted by Gasteiger charge is -2.34. The van der Waals surface area contributed by atoms with Gasteiger partial charge in [0, 0.05) is 37.4 Å². The topological polar surface area (TPSA) is 366 Å². The number of aliphatic hydroxyl groups excluding tert-OH is 7. The van der Waals surface area contributed by atoms with E-state index < -0.39 is 152 Å². The van der Waals surface area contributed by atoms with E-state index in [0.717, 1.165) is 70.9 Å². The van der Waals surface area contributed by atoms with E-state index in [4.69, 9.17) is 9.47 Å². The summed E-state index contributed by atoms with van der Waals surface area (Å²) in [4.78, 5) is 104. The normalized spacial score (nSPS) is 26.7. The Balaban J connectivity index is 1.23. The number of carbonyl (C=O) groups is 7. The van der Waals surface area contributed by atoms with Crippen molar-refractivity contribution in [3.8, 4) is 33.8 Å². The maximum atomic E-state index is 14.8. The van der Waals surface area contributed by atoms with Crippen LogP contribution in [0, 0.1) is 5.92 Å². The lowest BCUT2D eigenvalue weighted by molar-refractivity contribution is -0.870. The van der Waals surface area contributed by atoms with Gasteiger partial charge in [0.1, 0.15) is 72.6 Å². The number of nitrogens with zero attached hydrogens (tertiary/aromatic N) is 3. The van der Waals surface area contributed by atoms with E-state index in [9.17, 15) is 74.4 Å². The van der Waals surface area contributed by atoms with Crippen LogP contribution in [0.2, 0.25) is 0 Å². The number of benzene rings is 4. The molecule has 0 aromatic heterocycles. The Labute approximate surface area is 511 Å². The fraction of sp³-hybridized carbons (Fsp3) is 0.508. The lowest BCUT2D eigenvalue weighted by atomic mass is 9.96. The molecule has 0 aliphatic carbocycles. The minimum Gasteiger partial charge on any atom is -0.508 e. The average Bonchev–Trinajstić information content (AvgIpc) is 2.08. The molecule has 4 aromatic rings. The number of ether oxygens (including phenoxy) is 2. The number of fused-ring (bicyclic) bond motifs is 2. The number of quaternary nitrogens is 1. The number of aliphatic hydroxyl groups is 7. The summed E-state index contributed by atoms with van der Waals surface area (Å²) in [5.41, 5.74) is 3.48. The van der Waals surface area contributed by atoms with Crippen LogP contribution in [0.5, 0.6) is 11.5 Å². The quantitative estimate of drug-likeness (QED) is 0.0453. The number of hydrogen-bond acceptors (Lipinski definition) is 17. The summed E-state index contributed by atoms with van der Waals surface area (Å²) in [6.45, 7) is 5.80. The first-order valence-electron chi connectivity index (χ1n) is 29.7. The van der Waals surface area contributed by atoms with Crippen molar-refractivity contribution in [1.29, 1.82) is 0 Å². The molecule has 88 heavy (non-hydrogen) atoms. The number of hydrogen-bond donors (Lipinski definition) is 13. The molecule has 0 unspecified atom stereocenters.